The van der Waals surface area contributed by atoms with Crippen LogP contribution in [-0.2, 0) is 0 Å². The van der Waals surface area contributed by atoms with Crippen LogP contribution in [0.1, 0.15) is 23.7 Å². The lowest BCUT2D eigenvalue weighted by molar-refractivity contribution is 0.0763. The van der Waals surface area contributed by atoms with Gasteiger partial charge in [-0.05, 0) is 24.6 Å². The summed E-state index contributed by atoms with van der Waals surface area (Å²) >= 11 is 9.30. The van der Waals surface area contributed by atoms with Crippen LogP contribution >= 0.6 is 27.5 Å². The lowest BCUT2D eigenvalue weighted by Crippen LogP contribution is -2.33. The van der Waals surface area contributed by atoms with Crippen LogP contribution in [0.4, 0.5) is 0 Å². The topological polar surface area (TPSA) is 29.5 Å². The molecule has 0 radical (unpaired) electrons. The largest absolute Gasteiger partial charge is 0.496 e. The Kier molecular flexibility index (Phi) is 6.50. The molecule has 1 aromatic carbocycles. The quantitative estimate of drug-likeness (QED) is 0.744. The Morgan fingerprint density at radius 2 is 2.17 bits per heavy atom. The molecule has 0 saturated carbocycles. The summed E-state index contributed by atoms with van der Waals surface area (Å²) in [5, 5.41) is 1.29. The molecule has 0 bridgehead atoms. The zero-order valence-corrected chi connectivity index (χ0v) is 12.9. The third-order valence-electron chi connectivity index (χ3n) is 2.53. The summed E-state index contributed by atoms with van der Waals surface area (Å²) in [5.41, 5.74) is 0.513. The van der Waals surface area contributed by atoms with Gasteiger partial charge in [0.2, 0.25) is 0 Å². The van der Waals surface area contributed by atoms with Crippen molar-refractivity contribution in [1.29, 1.82) is 0 Å². The number of carbonyl (C=O) groups is 1. The van der Waals surface area contributed by atoms with Gasteiger partial charge in [0.05, 0.1) is 12.7 Å². The first kappa shape index (κ1) is 15.3. The number of halogens is 2. The molecule has 0 spiro atoms. The molecule has 100 valence electrons. The molecule has 0 fully saturated rings. The normalized spacial score (nSPS) is 10.2. The molecular formula is C13H17BrClNO2. The first-order valence-electron chi connectivity index (χ1n) is 5.82. The molecule has 0 N–H and O–H groups in total. The van der Waals surface area contributed by atoms with Gasteiger partial charge in [0, 0.05) is 23.4 Å². The molecule has 1 aromatic rings. The van der Waals surface area contributed by atoms with Crippen LogP contribution in [0.2, 0.25) is 5.02 Å². The Bertz CT molecular complexity index is 406. The summed E-state index contributed by atoms with van der Waals surface area (Å²) in [5.74, 6) is 0.510. The predicted octanol–water partition coefficient (Wildman–Crippen LogP) is 3.60. The van der Waals surface area contributed by atoms with Crippen molar-refractivity contribution in [1.82, 2.24) is 4.90 Å². The van der Waals surface area contributed by atoms with Gasteiger partial charge in [0.25, 0.3) is 5.91 Å². The van der Waals surface area contributed by atoms with Gasteiger partial charge in [0.1, 0.15) is 5.75 Å². The second-order valence-corrected chi connectivity index (χ2v) is 5.06. The van der Waals surface area contributed by atoms with E-state index < -0.39 is 0 Å². The smallest absolute Gasteiger partial charge is 0.257 e. The maximum absolute atomic E-state index is 12.4. The van der Waals surface area contributed by atoms with E-state index in [-0.39, 0.29) is 5.91 Å². The molecule has 0 aliphatic rings. The third-order valence-corrected chi connectivity index (χ3v) is 3.12. The van der Waals surface area contributed by atoms with Crippen LogP contribution < -0.4 is 4.74 Å². The number of carbonyl (C=O) groups excluding carboxylic acids is 1. The van der Waals surface area contributed by atoms with Gasteiger partial charge in [0.15, 0.2) is 0 Å². The number of rotatable bonds is 6. The second kappa shape index (κ2) is 7.64. The minimum Gasteiger partial charge on any atom is -0.496 e. The maximum Gasteiger partial charge on any atom is 0.257 e. The summed E-state index contributed by atoms with van der Waals surface area (Å²) in [6.07, 6.45) is 0.918. The van der Waals surface area contributed by atoms with Gasteiger partial charge in [-0.25, -0.2) is 0 Å². The highest BCUT2D eigenvalue weighted by Gasteiger charge is 2.18. The molecule has 5 heteroatoms. The number of nitrogens with zero attached hydrogens (tertiary/aromatic N) is 1. The van der Waals surface area contributed by atoms with E-state index in [1.165, 1.54) is 0 Å². The van der Waals surface area contributed by atoms with Crippen LogP contribution in [0.15, 0.2) is 18.2 Å². The van der Waals surface area contributed by atoms with E-state index in [2.05, 4.69) is 15.9 Å². The van der Waals surface area contributed by atoms with E-state index in [0.29, 0.717) is 22.9 Å². The van der Waals surface area contributed by atoms with Gasteiger partial charge in [-0.3, -0.25) is 4.79 Å². The summed E-state index contributed by atoms with van der Waals surface area (Å²) in [6, 6.07) is 5.08. The number of alkyl halides is 1. The van der Waals surface area contributed by atoms with Gasteiger partial charge in [-0.2, -0.15) is 0 Å². The molecule has 0 atom stereocenters. The Hall–Kier alpha value is -0.740. The lowest BCUT2D eigenvalue weighted by Gasteiger charge is -2.22. The lowest BCUT2D eigenvalue weighted by atomic mass is 10.1. The number of hydrogen-bond donors (Lipinski definition) is 0. The first-order valence-corrected chi connectivity index (χ1v) is 7.32. The van der Waals surface area contributed by atoms with Crippen LogP contribution in [0.25, 0.3) is 0 Å². The summed E-state index contributed by atoms with van der Waals surface area (Å²) in [6.45, 7) is 3.44. The first-order chi connectivity index (χ1) is 8.63. The summed E-state index contributed by atoms with van der Waals surface area (Å²) < 4.78 is 5.21. The molecule has 0 aliphatic carbocycles. The highest BCUT2D eigenvalue weighted by atomic mass is 79.9. The third kappa shape index (κ3) is 3.89. The van der Waals surface area contributed by atoms with Crippen LogP contribution in [0.3, 0.4) is 0 Å². The van der Waals surface area contributed by atoms with Crippen molar-refractivity contribution in [3.63, 3.8) is 0 Å². The highest BCUT2D eigenvalue weighted by molar-refractivity contribution is 9.09. The van der Waals surface area contributed by atoms with Gasteiger partial charge in [-0.15, -0.1) is 0 Å². The van der Waals surface area contributed by atoms with Gasteiger partial charge in [-0.1, -0.05) is 34.5 Å². The molecule has 3 nitrogen and oxygen atoms in total. The van der Waals surface area contributed by atoms with E-state index in [1.54, 1.807) is 30.2 Å². The Morgan fingerprint density at radius 3 is 2.72 bits per heavy atom. The van der Waals surface area contributed by atoms with Crippen LogP contribution in [0, 0.1) is 0 Å². The monoisotopic (exact) mass is 333 g/mol. The van der Waals surface area contributed by atoms with Crippen LogP contribution in [0.5, 0.6) is 5.75 Å². The van der Waals surface area contributed by atoms with Crippen molar-refractivity contribution in [2.45, 2.75) is 13.3 Å². The highest BCUT2D eigenvalue weighted by Crippen LogP contribution is 2.24. The van der Waals surface area contributed by atoms with E-state index in [4.69, 9.17) is 16.3 Å². The predicted molar refractivity (Wildman–Crippen MR) is 78.0 cm³/mol. The van der Waals surface area contributed by atoms with Crippen molar-refractivity contribution in [3.05, 3.63) is 28.8 Å². The SMILES string of the molecule is CCCN(CCBr)C(=O)c1cc(Cl)ccc1OC. The van der Waals surface area contributed by atoms with Crippen molar-refractivity contribution < 1.29 is 9.53 Å². The fourth-order valence-electron chi connectivity index (χ4n) is 1.70. The number of ether oxygens (including phenoxy) is 1. The fourth-order valence-corrected chi connectivity index (χ4v) is 2.30. The average Bonchev–Trinajstić information content (AvgIpc) is 2.37. The van der Waals surface area contributed by atoms with Gasteiger partial charge < -0.3 is 9.64 Å². The molecule has 0 heterocycles. The molecule has 0 saturated heterocycles. The maximum atomic E-state index is 12.4. The zero-order valence-electron chi connectivity index (χ0n) is 10.6. The number of methoxy groups -OCH3 is 1. The van der Waals surface area contributed by atoms with E-state index >= 15 is 0 Å². The van der Waals surface area contributed by atoms with Crippen LogP contribution in [-0.4, -0.2) is 36.3 Å². The minimum atomic E-state index is -0.0457. The molecular weight excluding hydrogens is 318 g/mol. The molecule has 1 amide bonds. The molecule has 0 unspecified atom stereocenters. The van der Waals surface area contributed by atoms with E-state index in [1.807, 2.05) is 6.92 Å². The van der Waals surface area contributed by atoms with Gasteiger partial charge >= 0.3 is 0 Å². The van der Waals surface area contributed by atoms with Crippen molar-refractivity contribution in [3.8, 4) is 5.75 Å². The molecule has 18 heavy (non-hydrogen) atoms. The Balaban J connectivity index is 3.02. The van der Waals surface area contributed by atoms with E-state index in [9.17, 15) is 4.79 Å². The Labute approximate surface area is 121 Å². The minimum absolute atomic E-state index is 0.0457. The number of amides is 1. The molecule has 0 aliphatic heterocycles. The van der Waals surface area contributed by atoms with E-state index in [0.717, 1.165) is 18.3 Å². The average molecular weight is 335 g/mol. The second-order valence-electron chi connectivity index (χ2n) is 3.83. The number of benzene rings is 1. The summed E-state index contributed by atoms with van der Waals surface area (Å²) in [7, 11) is 1.55. The Morgan fingerprint density at radius 1 is 1.44 bits per heavy atom. The molecule has 0 aromatic heterocycles. The molecule has 1 rings (SSSR count). The van der Waals surface area contributed by atoms with Crippen molar-refractivity contribution in [2.24, 2.45) is 0 Å². The number of hydrogen-bond acceptors (Lipinski definition) is 2. The fraction of sp³-hybridized carbons (Fsp3) is 0.462. The summed E-state index contributed by atoms with van der Waals surface area (Å²) in [4.78, 5) is 14.2. The standard InChI is InChI=1S/C13H17BrClNO2/c1-3-7-16(8-6-14)13(17)11-9-10(15)4-5-12(11)18-2/h4-5,9H,3,6-8H2,1-2H3. The zero-order chi connectivity index (χ0) is 13.5. The van der Waals surface area contributed by atoms with Crippen molar-refractivity contribution >= 4 is 33.4 Å². The van der Waals surface area contributed by atoms with Crippen molar-refractivity contribution in [2.75, 3.05) is 25.5 Å².